The van der Waals surface area contributed by atoms with Crippen molar-refractivity contribution in [3.63, 3.8) is 0 Å². The number of benzene rings is 1. The predicted octanol–water partition coefficient (Wildman–Crippen LogP) is 3.53. The van der Waals surface area contributed by atoms with E-state index in [0.29, 0.717) is 26.2 Å². The van der Waals surface area contributed by atoms with Crippen LogP contribution in [-0.4, -0.2) is 84.2 Å². The van der Waals surface area contributed by atoms with E-state index in [2.05, 4.69) is 4.90 Å². The number of carbonyl (C=O) groups is 2. The van der Waals surface area contributed by atoms with Gasteiger partial charge in [-0.25, -0.2) is 4.79 Å². The number of piperidine rings is 1. The van der Waals surface area contributed by atoms with E-state index in [1.807, 2.05) is 56.0 Å². The molecular weight excluding hydrogens is 406 g/mol. The first-order valence-electron chi connectivity index (χ1n) is 12.0. The normalized spacial score (nSPS) is 20.5. The molecule has 0 radical (unpaired) electrons. The van der Waals surface area contributed by atoms with E-state index >= 15 is 0 Å². The van der Waals surface area contributed by atoms with Gasteiger partial charge in [0.1, 0.15) is 11.6 Å². The number of nitrogens with zero attached hydrogens (tertiary/aromatic N) is 3. The van der Waals surface area contributed by atoms with Crippen LogP contribution in [0, 0.1) is 0 Å². The maximum atomic E-state index is 13.3. The molecule has 7 heteroatoms. The molecule has 0 bridgehead atoms. The van der Waals surface area contributed by atoms with Crippen LogP contribution in [0.5, 0.6) is 0 Å². The van der Waals surface area contributed by atoms with Crippen molar-refractivity contribution < 1.29 is 19.1 Å². The summed E-state index contributed by atoms with van der Waals surface area (Å²) in [6.07, 6.45) is 4.37. The molecule has 2 aliphatic rings. The fraction of sp³-hybridized carbons (Fsp3) is 0.680. The Morgan fingerprint density at radius 3 is 2.41 bits per heavy atom. The summed E-state index contributed by atoms with van der Waals surface area (Å²) in [7, 11) is 0. The minimum atomic E-state index is -0.655. The Labute approximate surface area is 192 Å². The lowest BCUT2D eigenvalue weighted by Crippen LogP contribution is -2.61. The third-order valence-corrected chi connectivity index (χ3v) is 5.95. The summed E-state index contributed by atoms with van der Waals surface area (Å²) in [5, 5.41) is 0. The summed E-state index contributed by atoms with van der Waals surface area (Å²) in [6, 6.07) is 9.20. The number of amides is 2. The molecule has 0 aromatic heterocycles. The van der Waals surface area contributed by atoms with Crippen molar-refractivity contribution in [1.82, 2.24) is 14.7 Å². The number of likely N-dealkylation sites (tertiary alicyclic amines) is 1. The van der Waals surface area contributed by atoms with Crippen molar-refractivity contribution in [2.45, 2.75) is 64.7 Å². The monoisotopic (exact) mass is 445 g/mol. The van der Waals surface area contributed by atoms with Crippen molar-refractivity contribution in [2.24, 2.45) is 0 Å². The van der Waals surface area contributed by atoms with E-state index in [9.17, 15) is 9.59 Å². The van der Waals surface area contributed by atoms with Gasteiger partial charge in [0.25, 0.3) is 0 Å². The van der Waals surface area contributed by atoms with E-state index < -0.39 is 17.7 Å². The van der Waals surface area contributed by atoms with Gasteiger partial charge in [0.05, 0.1) is 13.2 Å². The molecule has 7 nitrogen and oxygen atoms in total. The predicted molar refractivity (Wildman–Crippen MR) is 124 cm³/mol. The number of ether oxygens (including phenoxy) is 2. The number of carbonyl (C=O) groups excluding carboxylic acids is 2. The molecule has 1 aromatic rings. The molecule has 0 saturated carbocycles. The van der Waals surface area contributed by atoms with Gasteiger partial charge in [0.15, 0.2) is 0 Å². The third-order valence-electron chi connectivity index (χ3n) is 5.95. The molecule has 32 heavy (non-hydrogen) atoms. The number of rotatable bonds is 8. The highest BCUT2D eigenvalue weighted by molar-refractivity contribution is 5.87. The molecule has 2 heterocycles. The van der Waals surface area contributed by atoms with Gasteiger partial charge in [-0.15, -0.1) is 0 Å². The van der Waals surface area contributed by atoms with E-state index in [4.69, 9.17) is 9.47 Å². The maximum Gasteiger partial charge on any atom is 0.411 e. The van der Waals surface area contributed by atoms with Crippen molar-refractivity contribution in [3.8, 4) is 0 Å². The Hall–Kier alpha value is -2.12. The molecule has 0 unspecified atom stereocenters. The lowest BCUT2D eigenvalue weighted by atomic mass is 10.1. The summed E-state index contributed by atoms with van der Waals surface area (Å²) in [4.78, 5) is 32.0. The van der Waals surface area contributed by atoms with Gasteiger partial charge in [-0.3, -0.25) is 9.69 Å². The van der Waals surface area contributed by atoms with E-state index in [1.165, 1.54) is 19.3 Å². The Balaban J connectivity index is 1.58. The molecular formula is C25H39N3O4. The zero-order valence-electron chi connectivity index (χ0n) is 19.9. The van der Waals surface area contributed by atoms with Gasteiger partial charge in [-0.05, 0) is 65.2 Å². The molecule has 0 spiro atoms. The van der Waals surface area contributed by atoms with Gasteiger partial charge in [0.2, 0.25) is 5.91 Å². The maximum absolute atomic E-state index is 13.3. The standard InChI is InChI=1S/C25H39N3O4/c1-25(2,3)32-24(30)28-18-17-27(16-10-15-26-13-8-5-9-14-26)23(29)22(28)20-31-19-21-11-6-4-7-12-21/h4,6-7,11-12,22H,5,8-10,13-20H2,1-3H3/t22-/m1/s1. The lowest BCUT2D eigenvalue weighted by molar-refractivity contribution is -0.144. The zero-order chi connectivity index (χ0) is 23.0. The number of piperazine rings is 1. The summed E-state index contributed by atoms with van der Waals surface area (Å²) in [5.41, 5.74) is 0.430. The highest BCUT2D eigenvalue weighted by Crippen LogP contribution is 2.18. The molecule has 178 valence electrons. The molecule has 0 N–H and O–H groups in total. The molecule has 1 aromatic carbocycles. The van der Waals surface area contributed by atoms with Gasteiger partial charge in [-0.1, -0.05) is 36.8 Å². The van der Waals surface area contributed by atoms with Crippen molar-refractivity contribution in [3.05, 3.63) is 35.9 Å². The van der Waals surface area contributed by atoms with Gasteiger partial charge in [-0.2, -0.15) is 0 Å². The van der Waals surface area contributed by atoms with Crippen LogP contribution in [0.3, 0.4) is 0 Å². The average molecular weight is 446 g/mol. The SMILES string of the molecule is CC(C)(C)OC(=O)N1CCN(CCCN2CCCCC2)C(=O)[C@H]1COCc1ccccc1. The first-order valence-corrected chi connectivity index (χ1v) is 12.0. The second-order valence-corrected chi connectivity index (χ2v) is 9.77. The third kappa shape index (κ3) is 7.48. The smallest absolute Gasteiger partial charge is 0.411 e. The highest BCUT2D eigenvalue weighted by Gasteiger charge is 2.39. The summed E-state index contributed by atoms with van der Waals surface area (Å²) >= 11 is 0. The summed E-state index contributed by atoms with van der Waals surface area (Å²) in [6.45, 7) is 11.1. The second kappa shape index (κ2) is 11.7. The van der Waals surface area contributed by atoms with Crippen LogP contribution < -0.4 is 0 Å². The van der Waals surface area contributed by atoms with Crippen molar-refractivity contribution in [1.29, 1.82) is 0 Å². The first-order chi connectivity index (χ1) is 15.3. The van der Waals surface area contributed by atoms with Crippen molar-refractivity contribution >= 4 is 12.0 Å². The molecule has 1 atom stereocenters. The minimum absolute atomic E-state index is 0.0474. The van der Waals surface area contributed by atoms with Crippen LogP contribution in [0.25, 0.3) is 0 Å². The molecule has 0 aliphatic carbocycles. The van der Waals surface area contributed by atoms with Crippen molar-refractivity contribution in [2.75, 3.05) is 45.9 Å². The van der Waals surface area contributed by atoms with E-state index in [0.717, 1.165) is 31.6 Å². The minimum Gasteiger partial charge on any atom is -0.444 e. The summed E-state index contributed by atoms with van der Waals surface area (Å²) < 4.78 is 11.5. The molecule has 2 aliphatic heterocycles. The highest BCUT2D eigenvalue weighted by atomic mass is 16.6. The Bertz CT molecular complexity index is 728. The van der Waals surface area contributed by atoms with Crippen LogP contribution in [0.1, 0.15) is 52.0 Å². The van der Waals surface area contributed by atoms with Gasteiger partial charge < -0.3 is 19.3 Å². The topological polar surface area (TPSA) is 62.3 Å². The molecule has 3 rings (SSSR count). The number of hydrogen-bond acceptors (Lipinski definition) is 5. The van der Waals surface area contributed by atoms with E-state index in [1.54, 1.807) is 4.90 Å². The largest absolute Gasteiger partial charge is 0.444 e. The Morgan fingerprint density at radius 1 is 1.00 bits per heavy atom. The molecule has 2 fully saturated rings. The Morgan fingerprint density at radius 2 is 1.72 bits per heavy atom. The fourth-order valence-electron chi connectivity index (χ4n) is 4.29. The van der Waals surface area contributed by atoms with Gasteiger partial charge >= 0.3 is 6.09 Å². The van der Waals surface area contributed by atoms with Gasteiger partial charge in [0, 0.05) is 19.6 Å². The fourth-order valence-corrected chi connectivity index (χ4v) is 4.29. The number of hydrogen-bond donors (Lipinski definition) is 0. The zero-order valence-corrected chi connectivity index (χ0v) is 19.9. The van der Waals surface area contributed by atoms with Crippen LogP contribution >= 0.6 is 0 Å². The van der Waals surface area contributed by atoms with E-state index in [-0.39, 0.29) is 12.5 Å². The second-order valence-electron chi connectivity index (χ2n) is 9.77. The molecule has 2 saturated heterocycles. The van der Waals surface area contributed by atoms with Crippen LogP contribution in [0.15, 0.2) is 30.3 Å². The van der Waals surface area contributed by atoms with Crippen LogP contribution in [0.4, 0.5) is 4.79 Å². The van der Waals surface area contributed by atoms with Crippen LogP contribution in [-0.2, 0) is 20.9 Å². The Kier molecular flexibility index (Phi) is 8.93. The van der Waals surface area contributed by atoms with Crippen LogP contribution in [0.2, 0.25) is 0 Å². The average Bonchev–Trinajstić information content (AvgIpc) is 2.76. The first kappa shape index (κ1) is 24.5. The lowest BCUT2D eigenvalue weighted by Gasteiger charge is -2.41. The quantitative estimate of drug-likeness (QED) is 0.613. The molecule has 2 amide bonds. The summed E-state index contributed by atoms with van der Waals surface area (Å²) in [5.74, 6) is -0.0474.